The zero-order valence-corrected chi connectivity index (χ0v) is 12.3. The molecule has 0 aliphatic rings. The molecule has 25 heavy (non-hydrogen) atoms. The number of para-hydroxylation sites is 1. The Kier molecular flexibility index (Phi) is 5.20. The molecule has 0 saturated heterocycles. The van der Waals surface area contributed by atoms with Crippen LogP contribution in [0.4, 0.5) is 11.6 Å². The van der Waals surface area contributed by atoms with Gasteiger partial charge in [0.05, 0.1) is 23.5 Å². The highest BCUT2D eigenvalue weighted by atomic mass is 16.6. The van der Waals surface area contributed by atoms with Gasteiger partial charge in [0.25, 0.3) is 0 Å². The number of nitrogens with zero attached hydrogens (tertiary/aromatic N) is 2. The van der Waals surface area contributed by atoms with Crippen molar-refractivity contribution in [3.8, 4) is 0 Å². The van der Waals surface area contributed by atoms with Crippen LogP contribution in [0, 0.1) is 10.1 Å². The van der Waals surface area contributed by atoms with Gasteiger partial charge in [0, 0.05) is 0 Å². The van der Waals surface area contributed by atoms with E-state index < -0.39 is 28.6 Å². The molecule has 0 fully saturated rings. The second kappa shape index (κ2) is 7.50. The first-order valence-corrected chi connectivity index (χ1v) is 6.59. The average molecular weight is 346 g/mol. The monoisotopic (exact) mass is 346 g/mol. The van der Waals surface area contributed by atoms with Crippen molar-refractivity contribution in [3.63, 3.8) is 0 Å². The number of hydrogen-bond acceptors (Lipinski definition) is 7. The number of nitrogens with one attached hydrogen (secondary N) is 2. The molecule has 128 valence electrons. The molecule has 0 saturated carbocycles. The molecule has 0 spiro atoms. The molecule has 11 nitrogen and oxygen atoms in total. The van der Waals surface area contributed by atoms with Crippen LogP contribution in [-0.4, -0.2) is 34.0 Å². The third kappa shape index (κ3) is 4.48. The lowest BCUT2D eigenvalue weighted by molar-refractivity contribution is -0.402. The minimum Gasteiger partial charge on any atom is -0.478 e. The molecular formula is C14H10N4O7. The number of benzene rings is 1. The summed E-state index contributed by atoms with van der Waals surface area (Å²) in [7, 11) is 0. The molecule has 0 radical (unpaired) electrons. The van der Waals surface area contributed by atoms with Crippen molar-refractivity contribution >= 4 is 35.6 Å². The third-order valence-electron chi connectivity index (χ3n) is 2.76. The van der Waals surface area contributed by atoms with E-state index in [2.05, 4.69) is 10.4 Å². The summed E-state index contributed by atoms with van der Waals surface area (Å²) in [6.07, 6.45) is 0.962. The van der Waals surface area contributed by atoms with Crippen LogP contribution in [-0.2, 0) is 9.59 Å². The van der Waals surface area contributed by atoms with Gasteiger partial charge in [-0.15, -0.1) is 0 Å². The lowest BCUT2D eigenvalue weighted by Crippen LogP contribution is -2.32. The minimum absolute atomic E-state index is 0.0105. The summed E-state index contributed by atoms with van der Waals surface area (Å²) < 4.78 is 4.76. The second-order valence-electron chi connectivity index (χ2n) is 4.44. The Labute approximate surface area is 139 Å². The Morgan fingerprint density at radius 1 is 1.16 bits per heavy atom. The quantitative estimate of drug-likeness (QED) is 0.314. The maximum Gasteiger partial charge on any atom is 0.433 e. The number of rotatable bonds is 5. The Morgan fingerprint density at radius 3 is 2.52 bits per heavy atom. The highest BCUT2D eigenvalue weighted by molar-refractivity contribution is 6.39. The number of carbonyl (C=O) groups excluding carboxylic acids is 2. The Balaban J connectivity index is 1.96. The summed E-state index contributed by atoms with van der Waals surface area (Å²) in [6.45, 7) is 0. The third-order valence-corrected chi connectivity index (χ3v) is 2.76. The SMILES string of the molecule is O=C(N/N=C/c1ccc([N+](=O)[O-])o1)C(=O)Nc1ccccc1C(=O)O. The normalized spacial score (nSPS) is 10.4. The first-order valence-electron chi connectivity index (χ1n) is 6.59. The molecule has 1 heterocycles. The van der Waals surface area contributed by atoms with Gasteiger partial charge >= 0.3 is 23.7 Å². The van der Waals surface area contributed by atoms with Crippen LogP contribution in [0.5, 0.6) is 0 Å². The van der Waals surface area contributed by atoms with Crippen LogP contribution in [0.1, 0.15) is 16.1 Å². The fourth-order valence-electron chi connectivity index (χ4n) is 1.67. The van der Waals surface area contributed by atoms with Crippen LogP contribution in [0.2, 0.25) is 0 Å². The van der Waals surface area contributed by atoms with Crippen molar-refractivity contribution in [2.75, 3.05) is 5.32 Å². The summed E-state index contributed by atoms with van der Waals surface area (Å²) in [5.74, 6) is -4.10. The number of nitro groups is 1. The van der Waals surface area contributed by atoms with Gasteiger partial charge in [-0.3, -0.25) is 19.7 Å². The molecule has 1 aromatic heterocycles. The number of anilines is 1. The van der Waals surface area contributed by atoms with Gasteiger partial charge in [-0.2, -0.15) is 5.10 Å². The van der Waals surface area contributed by atoms with Gasteiger partial charge in [-0.25, -0.2) is 10.2 Å². The number of carboxylic acids is 1. The number of carboxylic acid groups (broad SMARTS) is 1. The maximum atomic E-state index is 11.7. The van der Waals surface area contributed by atoms with Crippen LogP contribution in [0.3, 0.4) is 0 Å². The number of hydrazone groups is 1. The van der Waals surface area contributed by atoms with Gasteiger partial charge < -0.3 is 14.8 Å². The fourth-order valence-corrected chi connectivity index (χ4v) is 1.67. The lowest BCUT2D eigenvalue weighted by Gasteiger charge is -2.06. The van der Waals surface area contributed by atoms with Crippen LogP contribution < -0.4 is 10.7 Å². The predicted octanol–water partition coefficient (Wildman–Crippen LogP) is 0.975. The van der Waals surface area contributed by atoms with E-state index in [4.69, 9.17) is 9.52 Å². The van der Waals surface area contributed by atoms with E-state index in [-0.39, 0.29) is 17.0 Å². The van der Waals surface area contributed by atoms with Gasteiger partial charge in [0.2, 0.25) is 0 Å². The van der Waals surface area contributed by atoms with Crippen molar-refractivity contribution in [3.05, 3.63) is 57.8 Å². The van der Waals surface area contributed by atoms with E-state index in [1.54, 1.807) is 0 Å². The second-order valence-corrected chi connectivity index (χ2v) is 4.44. The summed E-state index contributed by atoms with van der Waals surface area (Å²) in [6, 6.07) is 7.88. The number of carbonyl (C=O) groups is 3. The highest BCUT2D eigenvalue weighted by Crippen LogP contribution is 2.15. The molecular weight excluding hydrogens is 336 g/mol. The van der Waals surface area contributed by atoms with Crippen molar-refractivity contribution in [1.82, 2.24) is 5.43 Å². The van der Waals surface area contributed by atoms with Crippen molar-refractivity contribution < 1.29 is 28.8 Å². The Morgan fingerprint density at radius 2 is 1.88 bits per heavy atom. The van der Waals surface area contributed by atoms with Gasteiger partial charge in [-0.1, -0.05) is 12.1 Å². The molecule has 0 atom stereocenters. The lowest BCUT2D eigenvalue weighted by atomic mass is 10.2. The standard InChI is InChI=1S/C14H10N4O7/c19-12(16-10-4-2-1-3-9(10)14(21)22)13(20)17-15-7-8-5-6-11(25-8)18(23)24/h1-7H,(H,16,19)(H,17,20)(H,21,22)/b15-7+. The summed E-state index contributed by atoms with van der Waals surface area (Å²) in [5, 5.41) is 25.0. The Bertz CT molecular complexity index is 872. The number of furan rings is 1. The minimum atomic E-state index is -1.27. The van der Waals surface area contributed by atoms with E-state index >= 15 is 0 Å². The predicted molar refractivity (Wildman–Crippen MR) is 83.1 cm³/mol. The van der Waals surface area contributed by atoms with Crippen molar-refractivity contribution in [1.29, 1.82) is 0 Å². The molecule has 3 N–H and O–H groups in total. The topological polar surface area (TPSA) is 164 Å². The number of hydrogen-bond donors (Lipinski definition) is 3. The van der Waals surface area contributed by atoms with Crippen molar-refractivity contribution in [2.24, 2.45) is 5.10 Å². The molecule has 11 heteroatoms. The zero-order valence-electron chi connectivity index (χ0n) is 12.3. The molecule has 0 unspecified atom stereocenters. The van der Waals surface area contributed by atoms with Crippen LogP contribution >= 0.6 is 0 Å². The summed E-state index contributed by atoms with van der Waals surface area (Å²) >= 11 is 0. The number of amides is 2. The van der Waals surface area contributed by atoms with Crippen molar-refractivity contribution in [2.45, 2.75) is 0 Å². The van der Waals surface area contributed by atoms with Gasteiger partial charge in [0.1, 0.15) is 4.92 Å². The zero-order chi connectivity index (χ0) is 18.4. The molecule has 2 rings (SSSR count). The molecule has 0 bridgehead atoms. The summed E-state index contributed by atoms with van der Waals surface area (Å²) in [4.78, 5) is 44.0. The van der Waals surface area contributed by atoms with Gasteiger partial charge in [0.15, 0.2) is 5.76 Å². The smallest absolute Gasteiger partial charge is 0.433 e. The first-order chi connectivity index (χ1) is 11.9. The molecule has 0 aliphatic carbocycles. The summed E-state index contributed by atoms with van der Waals surface area (Å²) in [5.41, 5.74) is 1.64. The number of aromatic carboxylic acids is 1. The molecule has 2 amide bonds. The first kappa shape index (κ1) is 17.3. The highest BCUT2D eigenvalue weighted by Gasteiger charge is 2.17. The van der Waals surface area contributed by atoms with E-state index in [0.29, 0.717) is 0 Å². The fraction of sp³-hybridized carbons (Fsp3) is 0. The molecule has 0 aliphatic heterocycles. The van der Waals surface area contributed by atoms with E-state index in [1.165, 1.54) is 30.3 Å². The van der Waals surface area contributed by atoms with Crippen LogP contribution in [0.25, 0.3) is 0 Å². The van der Waals surface area contributed by atoms with E-state index in [0.717, 1.165) is 12.3 Å². The van der Waals surface area contributed by atoms with E-state index in [9.17, 15) is 24.5 Å². The Hall–Kier alpha value is -4.02. The average Bonchev–Trinajstić information content (AvgIpc) is 3.04. The molecule has 2 aromatic rings. The van der Waals surface area contributed by atoms with Gasteiger partial charge in [-0.05, 0) is 18.2 Å². The van der Waals surface area contributed by atoms with Crippen LogP contribution in [0.15, 0.2) is 45.9 Å². The largest absolute Gasteiger partial charge is 0.478 e. The van der Waals surface area contributed by atoms with E-state index in [1.807, 2.05) is 5.43 Å². The maximum absolute atomic E-state index is 11.7. The molecule has 1 aromatic carbocycles.